The van der Waals surface area contributed by atoms with Crippen molar-refractivity contribution in [3.05, 3.63) is 41.0 Å². The molecule has 7 heteroatoms. The molecule has 0 saturated carbocycles. The predicted octanol–water partition coefficient (Wildman–Crippen LogP) is 2.10. The SMILES string of the molecule is COc1c(C)cccc1C(=O)N1CCC[C@@H](c2nnc3n2CCN(C)CC3)C1. The van der Waals surface area contributed by atoms with Crippen LogP contribution in [0.2, 0.25) is 0 Å². The molecule has 1 aromatic heterocycles. The maximum Gasteiger partial charge on any atom is 0.257 e. The lowest BCUT2D eigenvalue weighted by Crippen LogP contribution is -2.40. The van der Waals surface area contributed by atoms with Gasteiger partial charge < -0.3 is 19.1 Å². The Bertz CT molecular complexity index is 862. The van der Waals surface area contributed by atoms with Crippen LogP contribution in [0.3, 0.4) is 0 Å². The molecule has 0 unspecified atom stereocenters. The lowest BCUT2D eigenvalue weighted by Gasteiger charge is -2.33. The molecule has 1 fully saturated rings. The van der Waals surface area contributed by atoms with E-state index in [1.165, 1.54) is 0 Å². The number of piperidine rings is 1. The molecule has 2 aromatic rings. The topological polar surface area (TPSA) is 63.5 Å². The van der Waals surface area contributed by atoms with Crippen molar-refractivity contribution < 1.29 is 9.53 Å². The van der Waals surface area contributed by atoms with Gasteiger partial charge in [0.15, 0.2) is 0 Å². The number of likely N-dealkylation sites (N-methyl/N-ethyl adjacent to an activating group) is 1. The molecule has 0 radical (unpaired) electrons. The third-order valence-electron chi connectivity index (χ3n) is 6.00. The molecule has 150 valence electrons. The highest BCUT2D eigenvalue weighted by Crippen LogP contribution is 2.30. The van der Waals surface area contributed by atoms with Gasteiger partial charge in [0.25, 0.3) is 5.91 Å². The number of aromatic nitrogens is 3. The van der Waals surface area contributed by atoms with Crippen molar-refractivity contribution >= 4 is 5.91 Å². The number of aryl methyl sites for hydroxylation is 1. The summed E-state index contributed by atoms with van der Waals surface area (Å²) < 4.78 is 7.79. The van der Waals surface area contributed by atoms with Gasteiger partial charge in [0, 0.05) is 45.1 Å². The minimum absolute atomic E-state index is 0.0422. The minimum Gasteiger partial charge on any atom is -0.496 e. The number of likely N-dealkylation sites (tertiary alicyclic amines) is 1. The van der Waals surface area contributed by atoms with E-state index in [2.05, 4.69) is 26.7 Å². The molecule has 0 aliphatic carbocycles. The fraction of sp³-hybridized carbons (Fsp3) is 0.571. The number of hydrogen-bond acceptors (Lipinski definition) is 5. The lowest BCUT2D eigenvalue weighted by atomic mass is 9.96. The van der Waals surface area contributed by atoms with E-state index in [0.717, 1.165) is 62.7 Å². The minimum atomic E-state index is 0.0422. The lowest BCUT2D eigenvalue weighted by molar-refractivity contribution is 0.0699. The van der Waals surface area contributed by atoms with Gasteiger partial charge in [0.1, 0.15) is 17.4 Å². The van der Waals surface area contributed by atoms with Crippen LogP contribution in [0.5, 0.6) is 5.75 Å². The van der Waals surface area contributed by atoms with Gasteiger partial charge in [-0.2, -0.15) is 0 Å². The predicted molar refractivity (Wildman–Crippen MR) is 107 cm³/mol. The van der Waals surface area contributed by atoms with E-state index in [1.807, 2.05) is 30.0 Å². The van der Waals surface area contributed by atoms with E-state index in [1.54, 1.807) is 7.11 Å². The van der Waals surface area contributed by atoms with Gasteiger partial charge >= 0.3 is 0 Å². The molecule has 3 heterocycles. The van der Waals surface area contributed by atoms with Crippen LogP contribution in [0.15, 0.2) is 18.2 Å². The summed E-state index contributed by atoms with van der Waals surface area (Å²) in [6, 6.07) is 5.75. The molecule has 1 amide bonds. The molecule has 0 spiro atoms. The zero-order valence-corrected chi connectivity index (χ0v) is 17.0. The van der Waals surface area contributed by atoms with Crippen LogP contribution in [0.4, 0.5) is 0 Å². The van der Waals surface area contributed by atoms with Gasteiger partial charge in [-0.05, 0) is 38.4 Å². The smallest absolute Gasteiger partial charge is 0.257 e. The molecular weight excluding hydrogens is 354 g/mol. The Kier molecular flexibility index (Phi) is 5.35. The van der Waals surface area contributed by atoms with E-state index in [4.69, 9.17) is 4.74 Å². The first kappa shape index (κ1) is 18.9. The Morgan fingerprint density at radius 2 is 2.04 bits per heavy atom. The number of carbonyl (C=O) groups excluding carboxylic acids is 1. The van der Waals surface area contributed by atoms with E-state index in [-0.39, 0.29) is 11.8 Å². The van der Waals surface area contributed by atoms with Crippen molar-refractivity contribution in [1.82, 2.24) is 24.6 Å². The quantitative estimate of drug-likeness (QED) is 0.812. The summed E-state index contributed by atoms with van der Waals surface area (Å²) >= 11 is 0. The van der Waals surface area contributed by atoms with Crippen LogP contribution in [0.25, 0.3) is 0 Å². The Labute approximate surface area is 166 Å². The zero-order valence-electron chi connectivity index (χ0n) is 17.0. The van der Waals surface area contributed by atoms with Crippen molar-refractivity contribution in [2.24, 2.45) is 0 Å². The zero-order chi connectivity index (χ0) is 19.7. The van der Waals surface area contributed by atoms with E-state index < -0.39 is 0 Å². The van der Waals surface area contributed by atoms with Crippen LogP contribution in [0, 0.1) is 6.92 Å². The van der Waals surface area contributed by atoms with Crippen LogP contribution in [-0.2, 0) is 13.0 Å². The van der Waals surface area contributed by atoms with E-state index >= 15 is 0 Å². The van der Waals surface area contributed by atoms with Crippen molar-refractivity contribution in [3.63, 3.8) is 0 Å². The molecule has 2 aliphatic rings. The number of nitrogens with zero attached hydrogens (tertiary/aromatic N) is 5. The van der Waals surface area contributed by atoms with Crippen molar-refractivity contribution in [1.29, 1.82) is 0 Å². The Balaban J connectivity index is 1.55. The summed E-state index contributed by atoms with van der Waals surface area (Å²) in [4.78, 5) is 17.5. The largest absolute Gasteiger partial charge is 0.496 e. The molecule has 4 rings (SSSR count). The number of para-hydroxylation sites is 1. The maximum absolute atomic E-state index is 13.2. The standard InChI is InChI=1S/C21H29N5O2/c1-15-6-4-8-17(19(15)28-3)21(27)25-10-5-7-16(14-25)20-23-22-18-9-11-24(2)12-13-26(18)20/h4,6,8,16H,5,7,9-14H2,1-3H3/t16-/m1/s1. The van der Waals surface area contributed by atoms with Gasteiger partial charge in [0.2, 0.25) is 0 Å². The van der Waals surface area contributed by atoms with Gasteiger partial charge in [-0.1, -0.05) is 12.1 Å². The summed E-state index contributed by atoms with van der Waals surface area (Å²) in [5, 5.41) is 8.99. The summed E-state index contributed by atoms with van der Waals surface area (Å²) in [5.74, 6) is 3.06. The highest BCUT2D eigenvalue weighted by atomic mass is 16.5. The number of benzene rings is 1. The van der Waals surface area contributed by atoms with Crippen molar-refractivity contribution in [3.8, 4) is 5.75 Å². The van der Waals surface area contributed by atoms with Crippen LogP contribution < -0.4 is 4.74 Å². The molecule has 1 aromatic carbocycles. The average Bonchev–Trinajstić information content (AvgIpc) is 3.03. The number of amides is 1. The summed E-state index contributed by atoms with van der Waals surface area (Å²) in [5.41, 5.74) is 1.62. The number of fused-ring (bicyclic) bond motifs is 1. The molecule has 2 aliphatic heterocycles. The molecule has 7 nitrogen and oxygen atoms in total. The fourth-order valence-corrected chi connectivity index (χ4v) is 4.39. The number of rotatable bonds is 3. The summed E-state index contributed by atoms with van der Waals surface area (Å²) in [6.45, 7) is 6.37. The Hall–Kier alpha value is -2.41. The molecule has 0 bridgehead atoms. The summed E-state index contributed by atoms with van der Waals surface area (Å²) in [6.07, 6.45) is 2.95. The number of ether oxygens (including phenoxy) is 1. The molecule has 0 N–H and O–H groups in total. The van der Waals surface area contributed by atoms with E-state index in [0.29, 0.717) is 17.9 Å². The molecule has 1 saturated heterocycles. The Morgan fingerprint density at radius 3 is 2.86 bits per heavy atom. The highest BCUT2D eigenvalue weighted by molar-refractivity contribution is 5.97. The molecular formula is C21H29N5O2. The Morgan fingerprint density at radius 1 is 1.18 bits per heavy atom. The third kappa shape index (κ3) is 3.51. The van der Waals surface area contributed by atoms with Gasteiger partial charge in [-0.3, -0.25) is 4.79 Å². The van der Waals surface area contributed by atoms with Gasteiger partial charge in [0.05, 0.1) is 12.7 Å². The fourth-order valence-electron chi connectivity index (χ4n) is 4.39. The van der Waals surface area contributed by atoms with Crippen molar-refractivity contribution in [2.75, 3.05) is 40.3 Å². The third-order valence-corrected chi connectivity index (χ3v) is 6.00. The van der Waals surface area contributed by atoms with Gasteiger partial charge in [-0.25, -0.2) is 0 Å². The van der Waals surface area contributed by atoms with Crippen LogP contribution in [0.1, 0.15) is 46.3 Å². The summed E-state index contributed by atoms with van der Waals surface area (Å²) in [7, 11) is 3.77. The maximum atomic E-state index is 13.2. The average molecular weight is 383 g/mol. The second-order valence-corrected chi connectivity index (χ2v) is 7.93. The second kappa shape index (κ2) is 7.91. The first-order valence-electron chi connectivity index (χ1n) is 10.1. The number of hydrogen-bond donors (Lipinski definition) is 0. The number of carbonyl (C=O) groups is 1. The van der Waals surface area contributed by atoms with Gasteiger partial charge in [-0.15, -0.1) is 10.2 Å². The first-order valence-corrected chi connectivity index (χ1v) is 10.1. The number of methoxy groups -OCH3 is 1. The normalized spacial score (nSPS) is 20.5. The molecule has 1 atom stereocenters. The van der Waals surface area contributed by atoms with E-state index in [9.17, 15) is 4.79 Å². The van der Waals surface area contributed by atoms with Crippen molar-refractivity contribution in [2.45, 2.75) is 38.6 Å². The van der Waals surface area contributed by atoms with Crippen LogP contribution in [-0.4, -0.2) is 70.8 Å². The molecule has 28 heavy (non-hydrogen) atoms. The monoisotopic (exact) mass is 383 g/mol. The second-order valence-electron chi connectivity index (χ2n) is 7.93. The highest BCUT2D eigenvalue weighted by Gasteiger charge is 2.31. The van der Waals surface area contributed by atoms with Crippen LogP contribution >= 0.6 is 0 Å². The first-order chi connectivity index (χ1) is 13.6.